The first kappa shape index (κ1) is 15.5. The molecule has 19 heavy (non-hydrogen) atoms. The molecular formula is C14H16F4O. The molecule has 0 heterocycles. The number of alkyl halides is 4. The fourth-order valence-corrected chi connectivity index (χ4v) is 1.69. The van der Waals surface area contributed by atoms with Crippen LogP contribution in [0.5, 0.6) is 0 Å². The van der Waals surface area contributed by atoms with Crippen molar-refractivity contribution >= 4 is 0 Å². The highest BCUT2D eigenvalue weighted by atomic mass is 19.3. The Balaban J connectivity index is 3.07. The average Bonchev–Trinajstić information content (AvgIpc) is 2.37. The predicted octanol–water partition coefficient (Wildman–Crippen LogP) is 4.64. The molecule has 0 aliphatic heterocycles. The van der Waals surface area contributed by atoms with Gasteiger partial charge in [-0.3, -0.25) is 0 Å². The number of methoxy groups -OCH3 is 1. The second kappa shape index (κ2) is 5.23. The van der Waals surface area contributed by atoms with E-state index in [-0.39, 0.29) is 12.0 Å². The fraction of sp³-hybridized carbons (Fsp3) is 0.429. The first-order chi connectivity index (χ1) is 8.64. The van der Waals surface area contributed by atoms with E-state index < -0.39 is 23.2 Å². The van der Waals surface area contributed by atoms with E-state index >= 15 is 0 Å². The van der Waals surface area contributed by atoms with E-state index in [9.17, 15) is 17.6 Å². The highest BCUT2D eigenvalue weighted by Crippen LogP contribution is 2.47. The second-order valence-electron chi connectivity index (χ2n) is 4.46. The number of hydrogen-bond acceptors (Lipinski definition) is 1. The lowest BCUT2D eigenvalue weighted by Crippen LogP contribution is -2.44. The monoisotopic (exact) mass is 276 g/mol. The summed E-state index contributed by atoms with van der Waals surface area (Å²) in [7, 11) is 0.876. The summed E-state index contributed by atoms with van der Waals surface area (Å²) in [5, 5.41) is 0. The fourth-order valence-electron chi connectivity index (χ4n) is 1.69. The van der Waals surface area contributed by atoms with Crippen LogP contribution in [0, 0.1) is 0 Å². The lowest BCUT2D eigenvalue weighted by Gasteiger charge is -2.30. The van der Waals surface area contributed by atoms with Crippen LogP contribution in [0.4, 0.5) is 17.6 Å². The van der Waals surface area contributed by atoms with Crippen LogP contribution in [0.3, 0.4) is 0 Å². The van der Waals surface area contributed by atoms with Gasteiger partial charge in [-0.25, -0.2) is 0 Å². The molecule has 0 aromatic heterocycles. The van der Waals surface area contributed by atoms with E-state index in [0.29, 0.717) is 6.42 Å². The van der Waals surface area contributed by atoms with Gasteiger partial charge >= 0.3 is 11.8 Å². The van der Waals surface area contributed by atoms with Crippen LogP contribution in [-0.4, -0.2) is 19.0 Å². The smallest absolute Gasteiger partial charge is 0.369 e. The summed E-state index contributed by atoms with van der Waals surface area (Å²) in [5.41, 5.74) is 0.242. The molecule has 0 unspecified atom stereocenters. The Kier molecular flexibility index (Phi) is 4.28. The third kappa shape index (κ3) is 2.74. The number of hydrogen-bond donors (Lipinski definition) is 0. The third-order valence-electron chi connectivity index (χ3n) is 3.12. The molecule has 1 rings (SSSR count). The van der Waals surface area contributed by atoms with Gasteiger partial charge in [0, 0.05) is 5.57 Å². The summed E-state index contributed by atoms with van der Waals surface area (Å²) in [4.78, 5) is 0. The van der Waals surface area contributed by atoms with Crippen molar-refractivity contribution < 1.29 is 22.3 Å². The van der Waals surface area contributed by atoms with E-state index in [2.05, 4.69) is 17.9 Å². The highest BCUT2D eigenvalue weighted by molar-refractivity contribution is 5.42. The molecule has 1 aliphatic rings. The minimum absolute atomic E-state index is 0.124. The SMILES string of the molecule is C=C(OC)C(F)(F)C(F)(F)C(=C)C1=CC=C(C)CC1. The third-order valence-corrected chi connectivity index (χ3v) is 3.12. The first-order valence-corrected chi connectivity index (χ1v) is 5.69. The maximum atomic E-state index is 13.9. The summed E-state index contributed by atoms with van der Waals surface area (Å²) in [6, 6.07) is 0. The van der Waals surface area contributed by atoms with Gasteiger partial charge in [-0.2, -0.15) is 17.6 Å². The minimum Gasteiger partial charge on any atom is -0.495 e. The molecule has 1 aliphatic carbocycles. The van der Waals surface area contributed by atoms with Crippen molar-refractivity contribution in [1.29, 1.82) is 0 Å². The molecule has 0 saturated carbocycles. The Hall–Kier alpha value is -1.52. The van der Waals surface area contributed by atoms with Gasteiger partial charge in [0.1, 0.15) is 0 Å². The Bertz CT molecular complexity index is 458. The molecule has 0 N–H and O–H groups in total. The summed E-state index contributed by atoms with van der Waals surface area (Å²) in [6.45, 7) is 7.80. The van der Waals surface area contributed by atoms with Gasteiger partial charge in [-0.15, -0.1) is 0 Å². The van der Waals surface area contributed by atoms with E-state index in [1.54, 1.807) is 6.08 Å². The van der Waals surface area contributed by atoms with Gasteiger partial charge in [-0.05, 0) is 25.3 Å². The van der Waals surface area contributed by atoms with Crippen LogP contribution in [0.25, 0.3) is 0 Å². The molecule has 0 aromatic carbocycles. The zero-order valence-electron chi connectivity index (χ0n) is 10.9. The standard InChI is InChI=1S/C14H16F4O/c1-9-5-7-12(8-6-9)10(2)13(15,16)14(17,18)11(3)19-4/h5,7H,2-3,6,8H2,1,4H3. The van der Waals surface area contributed by atoms with Gasteiger partial charge < -0.3 is 4.74 Å². The molecule has 106 valence electrons. The number of rotatable bonds is 5. The molecule has 0 atom stereocenters. The summed E-state index contributed by atoms with van der Waals surface area (Å²) in [6.07, 6.45) is 3.86. The molecule has 0 saturated heterocycles. The van der Waals surface area contributed by atoms with E-state index in [4.69, 9.17) is 0 Å². The average molecular weight is 276 g/mol. The van der Waals surface area contributed by atoms with Crippen molar-refractivity contribution in [3.05, 3.63) is 47.8 Å². The number of allylic oxidation sites excluding steroid dienone is 6. The van der Waals surface area contributed by atoms with Gasteiger partial charge in [0.2, 0.25) is 0 Å². The molecule has 0 aromatic rings. The lowest BCUT2D eigenvalue weighted by atomic mass is 9.89. The molecule has 1 nitrogen and oxygen atoms in total. The normalized spacial score (nSPS) is 16.5. The van der Waals surface area contributed by atoms with Crippen molar-refractivity contribution in [3.63, 3.8) is 0 Å². The molecule has 0 radical (unpaired) electrons. The van der Waals surface area contributed by atoms with Gasteiger partial charge in [0.05, 0.1) is 7.11 Å². The Morgan fingerprint density at radius 3 is 2.11 bits per heavy atom. The second-order valence-corrected chi connectivity index (χ2v) is 4.46. The number of ether oxygens (including phenoxy) is 1. The minimum atomic E-state index is -4.49. The van der Waals surface area contributed by atoms with Crippen LogP contribution >= 0.6 is 0 Å². The van der Waals surface area contributed by atoms with Gasteiger partial charge in [0.25, 0.3) is 0 Å². The van der Waals surface area contributed by atoms with Gasteiger partial charge in [0.15, 0.2) is 5.76 Å². The van der Waals surface area contributed by atoms with Crippen LogP contribution in [-0.2, 0) is 4.74 Å². The lowest BCUT2D eigenvalue weighted by molar-refractivity contribution is -0.179. The highest BCUT2D eigenvalue weighted by Gasteiger charge is 2.61. The Labute approximate surface area is 109 Å². The maximum absolute atomic E-state index is 13.9. The van der Waals surface area contributed by atoms with Crippen molar-refractivity contribution in [2.75, 3.05) is 7.11 Å². The van der Waals surface area contributed by atoms with Crippen molar-refractivity contribution in [3.8, 4) is 0 Å². The molecule has 5 heteroatoms. The van der Waals surface area contributed by atoms with Gasteiger partial charge in [-0.1, -0.05) is 30.9 Å². The number of halogens is 4. The van der Waals surface area contributed by atoms with Crippen molar-refractivity contribution in [1.82, 2.24) is 0 Å². The van der Waals surface area contributed by atoms with E-state index in [1.165, 1.54) is 6.08 Å². The van der Waals surface area contributed by atoms with E-state index in [1.807, 2.05) is 6.92 Å². The van der Waals surface area contributed by atoms with Crippen LogP contribution in [0.1, 0.15) is 19.8 Å². The quantitative estimate of drug-likeness (QED) is 0.525. The van der Waals surface area contributed by atoms with Crippen LogP contribution < -0.4 is 0 Å². The first-order valence-electron chi connectivity index (χ1n) is 5.69. The van der Waals surface area contributed by atoms with Crippen LogP contribution in [0.2, 0.25) is 0 Å². The zero-order valence-corrected chi connectivity index (χ0v) is 10.9. The largest absolute Gasteiger partial charge is 0.495 e. The van der Waals surface area contributed by atoms with Crippen molar-refractivity contribution in [2.24, 2.45) is 0 Å². The van der Waals surface area contributed by atoms with Crippen molar-refractivity contribution in [2.45, 2.75) is 31.6 Å². The Morgan fingerprint density at radius 2 is 1.68 bits per heavy atom. The summed E-state index contributed by atoms with van der Waals surface area (Å²) < 4.78 is 59.1. The maximum Gasteiger partial charge on any atom is 0.369 e. The van der Waals surface area contributed by atoms with E-state index in [0.717, 1.165) is 12.7 Å². The molecule has 0 spiro atoms. The topological polar surface area (TPSA) is 9.23 Å². The van der Waals surface area contributed by atoms with Crippen LogP contribution in [0.15, 0.2) is 47.8 Å². The summed E-state index contributed by atoms with van der Waals surface area (Å²) >= 11 is 0. The predicted molar refractivity (Wildman–Crippen MR) is 66.3 cm³/mol. The molecular weight excluding hydrogens is 260 g/mol. The summed E-state index contributed by atoms with van der Waals surface area (Å²) in [5.74, 6) is -10.2. The Morgan fingerprint density at radius 1 is 1.11 bits per heavy atom. The molecule has 0 amide bonds. The zero-order chi connectivity index (χ0) is 14.8. The molecule has 0 bridgehead atoms. The molecule has 0 fully saturated rings.